The molecule has 15 N–H and O–H groups in total. The Labute approximate surface area is 98.0 Å². The Morgan fingerprint density at radius 1 is 1.12 bits per heavy atom. The van der Waals surface area contributed by atoms with Gasteiger partial charge in [-0.15, -0.1) is 0 Å². The van der Waals surface area contributed by atoms with Gasteiger partial charge in [-0.1, -0.05) is 0 Å². The molecule has 0 unspecified atom stereocenters. The van der Waals surface area contributed by atoms with Crippen LogP contribution >= 0.6 is 0 Å². The number of aliphatic hydroxyl groups is 3. The predicted molar refractivity (Wildman–Crippen MR) is 56.4 cm³/mol. The molecule has 0 aromatic carbocycles. The summed E-state index contributed by atoms with van der Waals surface area (Å²) in [5, 5.41) is 24.0. The van der Waals surface area contributed by atoms with E-state index in [0.717, 1.165) is 0 Å². The Hall–Kier alpha value is -1.06. The van der Waals surface area contributed by atoms with Gasteiger partial charge < -0.3 is 48.2 Å². The van der Waals surface area contributed by atoms with Crippen molar-refractivity contribution in [1.29, 1.82) is 0 Å². The molecule has 13 heteroatoms. The van der Waals surface area contributed by atoms with Gasteiger partial charge in [-0.05, 0) is 0 Å². The number of quaternary nitrogens is 2. The number of carbonyl (C=O) groups is 1. The van der Waals surface area contributed by atoms with E-state index in [0.29, 0.717) is 0 Å². The van der Waals surface area contributed by atoms with Crippen molar-refractivity contribution in [1.82, 2.24) is 12.3 Å². The minimum atomic E-state index is -5.17. The van der Waals surface area contributed by atoms with Crippen molar-refractivity contribution in [3.8, 4) is 0 Å². The molecule has 0 saturated carbocycles. The topological polar surface area (TPSA) is 283 Å². The maximum Gasteiger partial charge on any atom is 0.309 e. The molecule has 0 spiro atoms. The van der Waals surface area contributed by atoms with E-state index in [1.807, 2.05) is 0 Å². The zero-order chi connectivity index (χ0) is 13.1. The summed E-state index contributed by atoms with van der Waals surface area (Å²) in [7, 11) is -5.17. The molecular formula is C4H20N4O8S. The highest BCUT2D eigenvalue weighted by molar-refractivity contribution is 7.79. The average molecular weight is 284 g/mol. The number of amides is 2. The van der Waals surface area contributed by atoms with E-state index in [9.17, 15) is 0 Å². The maximum atomic E-state index is 9.00. The first kappa shape index (κ1) is 29.7. The third-order valence-corrected chi connectivity index (χ3v) is 0.421. The third kappa shape index (κ3) is 289. The van der Waals surface area contributed by atoms with E-state index >= 15 is 0 Å². The van der Waals surface area contributed by atoms with Gasteiger partial charge in [0.2, 0.25) is 0 Å². The molecule has 0 aliphatic heterocycles. The second-order valence-electron chi connectivity index (χ2n) is 1.83. The molecular weight excluding hydrogens is 264 g/mol. The lowest BCUT2D eigenvalue weighted by Gasteiger charge is -2.06. The van der Waals surface area contributed by atoms with Crippen molar-refractivity contribution in [2.45, 2.75) is 6.10 Å². The molecule has 0 heterocycles. The molecule has 0 aromatic rings. The van der Waals surface area contributed by atoms with Gasteiger partial charge in [0, 0.05) is 10.4 Å². The smallest absolute Gasteiger partial charge is 0.309 e. The molecule has 0 radical (unpaired) electrons. The van der Waals surface area contributed by atoms with Crippen LogP contribution in [0.4, 0.5) is 4.79 Å². The first-order valence-electron chi connectivity index (χ1n) is 3.16. The van der Waals surface area contributed by atoms with Crippen LogP contribution in [0.25, 0.3) is 0 Å². The quantitative estimate of drug-likeness (QED) is 0.199. The van der Waals surface area contributed by atoms with Crippen LogP contribution in [0.3, 0.4) is 0 Å². The van der Waals surface area contributed by atoms with E-state index in [1.165, 1.54) is 0 Å². The number of nitrogens with two attached hydrogens (primary N) is 2. The molecule has 12 nitrogen and oxygen atoms in total. The van der Waals surface area contributed by atoms with Gasteiger partial charge in [-0.3, -0.25) is 8.42 Å². The number of primary amides is 2. The highest BCUT2D eigenvalue weighted by atomic mass is 32.3. The average Bonchev–Trinajstić information content (AvgIpc) is 1.99. The largest absolute Gasteiger partial charge is 0.759 e. The molecule has 0 rings (SSSR count). The number of rotatable bonds is 2. The lowest BCUT2D eigenvalue weighted by atomic mass is 10.4. The SMILES string of the molecule is NC(N)=O.O=S(=O)([O-])[O-].OCC(O)CO.[NH4+].[NH4+]. The Kier molecular flexibility index (Phi) is 30.3. The highest BCUT2D eigenvalue weighted by Gasteiger charge is 1.93. The van der Waals surface area contributed by atoms with Gasteiger partial charge in [0.05, 0.1) is 13.2 Å². The predicted octanol–water partition coefficient (Wildman–Crippen LogP) is -3.23. The van der Waals surface area contributed by atoms with Gasteiger partial charge in [0.25, 0.3) is 0 Å². The van der Waals surface area contributed by atoms with Crippen LogP contribution in [0, 0.1) is 0 Å². The molecule has 0 atom stereocenters. The van der Waals surface area contributed by atoms with Gasteiger partial charge in [0.15, 0.2) is 0 Å². The van der Waals surface area contributed by atoms with Crippen LogP contribution < -0.4 is 23.8 Å². The summed E-state index contributed by atoms with van der Waals surface area (Å²) in [5.41, 5.74) is 8.50. The minimum Gasteiger partial charge on any atom is -0.759 e. The number of carbonyl (C=O) groups excluding carboxylic acids is 1. The van der Waals surface area contributed by atoms with E-state index in [2.05, 4.69) is 11.5 Å². The van der Waals surface area contributed by atoms with Gasteiger partial charge in [-0.2, -0.15) is 0 Å². The van der Waals surface area contributed by atoms with Crippen LogP contribution in [0.5, 0.6) is 0 Å². The first-order valence-corrected chi connectivity index (χ1v) is 4.49. The molecule has 2 amide bonds. The zero-order valence-corrected chi connectivity index (χ0v) is 10.3. The lowest BCUT2D eigenvalue weighted by Crippen LogP contribution is -2.18. The molecule has 0 aliphatic rings. The van der Waals surface area contributed by atoms with Crippen LogP contribution in [-0.2, 0) is 10.4 Å². The van der Waals surface area contributed by atoms with E-state index < -0.39 is 22.5 Å². The second kappa shape index (κ2) is 17.3. The summed E-state index contributed by atoms with van der Waals surface area (Å²) in [6.45, 7) is -0.729. The Balaban J connectivity index is -0.0000000407. The van der Waals surface area contributed by atoms with Gasteiger partial charge in [0.1, 0.15) is 6.10 Å². The number of aliphatic hydroxyl groups excluding tert-OH is 3. The fourth-order valence-electron chi connectivity index (χ4n) is 0.0577. The van der Waals surface area contributed by atoms with Crippen molar-refractivity contribution < 1.29 is 37.6 Å². The highest BCUT2D eigenvalue weighted by Crippen LogP contribution is 1.71. The summed E-state index contributed by atoms with van der Waals surface area (Å²) in [6.07, 6.45) is -0.954. The molecule has 0 bridgehead atoms. The third-order valence-electron chi connectivity index (χ3n) is 0.421. The summed E-state index contributed by atoms with van der Waals surface area (Å²) < 4.78 is 34.1. The Morgan fingerprint density at radius 2 is 1.24 bits per heavy atom. The molecule has 110 valence electrons. The fourth-order valence-corrected chi connectivity index (χ4v) is 0.0577. The fraction of sp³-hybridized carbons (Fsp3) is 0.750. The second-order valence-corrected chi connectivity index (χ2v) is 2.65. The van der Waals surface area contributed by atoms with Gasteiger partial charge in [-0.25, -0.2) is 4.79 Å². The van der Waals surface area contributed by atoms with Crippen molar-refractivity contribution in [2.24, 2.45) is 11.5 Å². The standard InChI is InChI=1S/C3H8O3.CH4N2O.2H3N.H2O4S/c4-1-3(6)2-5;2-1(3)4;;;1-5(2,3)4/h3-6H,1-2H2;(H4,2,3,4);2*1H3;(H2,1,2,3,4). The molecule has 0 aromatic heterocycles. The Morgan fingerprint density at radius 3 is 1.24 bits per heavy atom. The number of urea groups is 1. The van der Waals surface area contributed by atoms with E-state index in [1.54, 1.807) is 0 Å². The van der Waals surface area contributed by atoms with Crippen LogP contribution in [0.2, 0.25) is 0 Å². The van der Waals surface area contributed by atoms with Crippen LogP contribution in [-0.4, -0.2) is 58.2 Å². The van der Waals surface area contributed by atoms with Crippen molar-refractivity contribution >= 4 is 16.4 Å². The zero-order valence-electron chi connectivity index (χ0n) is 9.44. The summed E-state index contributed by atoms with van der Waals surface area (Å²) in [6, 6.07) is -0.833. The Bertz CT molecular complexity index is 228. The number of hydrogen-bond donors (Lipinski definition) is 7. The van der Waals surface area contributed by atoms with Crippen LogP contribution in [0.1, 0.15) is 0 Å². The molecule has 0 fully saturated rings. The molecule has 0 saturated heterocycles. The lowest BCUT2D eigenvalue weighted by molar-refractivity contribution is 0.0450. The normalized spacial score (nSPS) is 8.35. The van der Waals surface area contributed by atoms with Crippen molar-refractivity contribution in [3.63, 3.8) is 0 Å². The van der Waals surface area contributed by atoms with Crippen LogP contribution in [0.15, 0.2) is 0 Å². The molecule has 0 aliphatic carbocycles. The minimum absolute atomic E-state index is 0. The molecule has 17 heavy (non-hydrogen) atoms. The summed E-state index contributed by atoms with van der Waals surface area (Å²) in [5.74, 6) is 0. The van der Waals surface area contributed by atoms with Gasteiger partial charge >= 0.3 is 6.03 Å². The van der Waals surface area contributed by atoms with E-state index in [-0.39, 0.29) is 25.5 Å². The number of hydrogen-bond acceptors (Lipinski definition) is 8. The monoisotopic (exact) mass is 284 g/mol. The summed E-state index contributed by atoms with van der Waals surface area (Å²) >= 11 is 0. The van der Waals surface area contributed by atoms with Crippen molar-refractivity contribution in [2.75, 3.05) is 13.2 Å². The first-order chi connectivity index (χ1) is 6.54. The van der Waals surface area contributed by atoms with E-state index in [4.69, 9.17) is 37.6 Å². The maximum absolute atomic E-state index is 9.00. The van der Waals surface area contributed by atoms with Crippen molar-refractivity contribution in [3.05, 3.63) is 0 Å². The summed E-state index contributed by atoms with van der Waals surface area (Å²) in [4.78, 5) is 9.00.